The molecule has 0 spiro atoms. The van der Waals surface area contributed by atoms with Crippen LogP contribution in [0.25, 0.3) is 5.69 Å². The number of ether oxygens (including phenoxy) is 2. The van der Waals surface area contributed by atoms with Crippen LogP contribution < -0.4 is 20.3 Å². The maximum atomic E-state index is 12.8. The normalized spacial score (nSPS) is 13.5. The highest BCUT2D eigenvalue weighted by molar-refractivity contribution is 8.00. The van der Waals surface area contributed by atoms with Gasteiger partial charge in [-0.15, -0.1) is 0 Å². The molecule has 160 valence electrons. The van der Waals surface area contributed by atoms with Gasteiger partial charge in [0, 0.05) is 6.07 Å². The number of para-hydroxylation sites is 1. The zero-order valence-corrected chi connectivity index (χ0v) is 18.4. The number of hydrogen-bond acceptors (Lipinski definition) is 6. The maximum Gasteiger partial charge on any atom is 0.271 e. The van der Waals surface area contributed by atoms with Crippen molar-refractivity contribution in [2.24, 2.45) is 0 Å². The van der Waals surface area contributed by atoms with E-state index in [-0.39, 0.29) is 11.5 Å². The first-order chi connectivity index (χ1) is 14.9. The molecule has 0 saturated carbocycles. The Morgan fingerprint density at radius 2 is 1.90 bits per heavy atom. The number of thioether (sulfide) groups is 1. The van der Waals surface area contributed by atoms with Gasteiger partial charge < -0.3 is 14.8 Å². The molecule has 7 nitrogen and oxygen atoms in total. The van der Waals surface area contributed by atoms with Crippen LogP contribution in [0.3, 0.4) is 0 Å². The molecule has 0 aliphatic carbocycles. The van der Waals surface area contributed by atoms with Crippen molar-refractivity contribution < 1.29 is 14.3 Å². The van der Waals surface area contributed by atoms with Crippen LogP contribution in [0.1, 0.15) is 18.1 Å². The molecule has 2 heterocycles. The molecule has 8 heteroatoms. The van der Waals surface area contributed by atoms with Crippen molar-refractivity contribution in [2.75, 3.05) is 18.5 Å². The van der Waals surface area contributed by atoms with E-state index in [1.54, 1.807) is 19.1 Å². The van der Waals surface area contributed by atoms with E-state index in [9.17, 15) is 9.59 Å². The average molecular weight is 438 g/mol. The van der Waals surface area contributed by atoms with Gasteiger partial charge in [-0.2, -0.15) is 9.78 Å². The van der Waals surface area contributed by atoms with Crippen LogP contribution in [0, 0.1) is 13.8 Å². The molecular weight excluding hydrogens is 414 g/mol. The third kappa shape index (κ3) is 4.59. The second-order valence-electron chi connectivity index (χ2n) is 7.27. The lowest BCUT2D eigenvalue weighted by Gasteiger charge is -2.21. The Kier molecular flexibility index (Phi) is 5.99. The zero-order valence-electron chi connectivity index (χ0n) is 17.5. The number of carbonyl (C=O) groups excluding carboxylic acids is 1. The molecule has 0 radical (unpaired) electrons. The van der Waals surface area contributed by atoms with Gasteiger partial charge >= 0.3 is 0 Å². The van der Waals surface area contributed by atoms with Crippen molar-refractivity contribution in [3.63, 3.8) is 0 Å². The average Bonchev–Trinajstić information content (AvgIpc) is 2.77. The first kappa shape index (κ1) is 21.0. The first-order valence-electron chi connectivity index (χ1n) is 9.96. The van der Waals surface area contributed by atoms with E-state index in [2.05, 4.69) is 10.4 Å². The maximum absolute atomic E-state index is 12.8. The third-order valence-electron chi connectivity index (χ3n) is 5.00. The Morgan fingerprint density at radius 1 is 1.10 bits per heavy atom. The van der Waals surface area contributed by atoms with Crippen LogP contribution in [-0.2, 0) is 4.79 Å². The molecule has 1 aliphatic heterocycles. The highest BCUT2D eigenvalue weighted by Gasteiger charge is 2.21. The van der Waals surface area contributed by atoms with E-state index in [0.29, 0.717) is 41.1 Å². The van der Waals surface area contributed by atoms with E-state index in [4.69, 9.17) is 9.47 Å². The second-order valence-corrected chi connectivity index (χ2v) is 8.63. The van der Waals surface area contributed by atoms with Crippen LogP contribution in [0.15, 0.2) is 58.4 Å². The summed E-state index contributed by atoms with van der Waals surface area (Å²) in [5.41, 5.74) is 3.26. The van der Waals surface area contributed by atoms with Crippen LogP contribution in [-0.4, -0.2) is 34.2 Å². The summed E-state index contributed by atoms with van der Waals surface area (Å²) >= 11 is 1.28. The van der Waals surface area contributed by atoms with Crippen molar-refractivity contribution in [1.82, 2.24) is 9.78 Å². The summed E-state index contributed by atoms with van der Waals surface area (Å²) in [6, 6.07) is 14.2. The largest absolute Gasteiger partial charge is 0.486 e. The van der Waals surface area contributed by atoms with E-state index in [1.165, 1.54) is 22.5 Å². The highest BCUT2D eigenvalue weighted by atomic mass is 32.2. The first-order valence-corrected chi connectivity index (χ1v) is 10.8. The third-order valence-corrected chi connectivity index (χ3v) is 6.03. The quantitative estimate of drug-likeness (QED) is 0.613. The van der Waals surface area contributed by atoms with Crippen LogP contribution in [0.5, 0.6) is 11.5 Å². The summed E-state index contributed by atoms with van der Waals surface area (Å²) in [5.74, 6) is 0.963. The molecule has 1 atom stereocenters. The topological polar surface area (TPSA) is 82.5 Å². The molecule has 1 amide bonds. The van der Waals surface area contributed by atoms with E-state index >= 15 is 0 Å². The fourth-order valence-electron chi connectivity index (χ4n) is 3.14. The van der Waals surface area contributed by atoms with Crippen LogP contribution in [0.2, 0.25) is 0 Å². The molecular formula is C23H23N3O4S. The number of nitrogens with zero attached hydrogens (tertiary/aromatic N) is 2. The SMILES string of the molecule is Cc1ccc(-n2nc(S[C@@H](C)C(=O)Nc3cccc4c3OCCO4)ccc2=O)cc1C. The summed E-state index contributed by atoms with van der Waals surface area (Å²) < 4.78 is 12.6. The van der Waals surface area contributed by atoms with Gasteiger partial charge in [0.1, 0.15) is 18.2 Å². The molecule has 0 fully saturated rings. The van der Waals surface area contributed by atoms with Gasteiger partial charge in [0.2, 0.25) is 5.91 Å². The van der Waals surface area contributed by atoms with E-state index < -0.39 is 5.25 Å². The standard InChI is InChI=1S/C23H23N3O4S/c1-14-7-8-17(13-15(14)2)26-21(27)10-9-20(25-26)31-16(3)23(28)24-18-5-4-6-19-22(18)30-12-11-29-19/h4-10,13,16H,11-12H2,1-3H3,(H,24,28)/t16-/m0/s1. The molecule has 0 saturated heterocycles. The summed E-state index contributed by atoms with van der Waals surface area (Å²) in [6.45, 7) is 6.72. The number of carbonyl (C=O) groups is 1. The lowest BCUT2D eigenvalue weighted by atomic mass is 10.1. The number of rotatable bonds is 5. The predicted octanol–water partition coefficient (Wildman–Crippen LogP) is 3.74. The molecule has 4 rings (SSSR count). The Bertz CT molecular complexity index is 1190. The van der Waals surface area contributed by atoms with Crippen LogP contribution >= 0.6 is 11.8 Å². The summed E-state index contributed by atoms with van der Waals surface area (Å²) in [5, 5.41) is 7.49. The number of fused-ring (bicyclic) bond motifs is 1. The van der Waals surface area contributed by atoms with Crippen molar-refractivity contribution in [2.45, 2.75) is 31.0 Å². The lowest BCUT2D eigenvalue weighted by molar-refractivity contribution is -0.115. The van der Waals surface area contributed by atoms with Gasteiger partial charge in [0.25, 0.3) is 5.56 Å². The highest BCUT2D eigenvalue weighted by Crippen LogP contribution is 2.37. The van der Waals surface area contributed by atoms with Crippen LogP contribution in [0.4, 0.5) is 5.69 Å². The molecule has 1 aromatic heterocycles. The molecule has 1 N–H and O–H groups in total. The Hall–Kier alpha value is -3.26. The summed E-state index contributed by atoms with van der Waals surface area (Å²) in [4.78, 5) is 25.1. The second kappa shape index (κ2) is 8.85. The smallest absolute Gasteiger partial charge is 0.271 e. The van der Waals surface area contributed by atoms with Crippen molar-refractivity contribution in [1.29, 1.82) is 0 Å². The Labute approximate surface area is 184 Å². The van der Waals surface area contributed by atoms with Gasteiger partial charge in [-0.05, 0) is 62.2 Å². The molecule has 2 aromatic carbocycles. The number of aryl methyl sites for hydroxylation is 2. The summed E-state index contributed by atoms with van der Waals surface area (Å²) in [6.07, 6.45) is 0. The lowest BCUT2D eigenvalue weighted by Crippen LogP contribution is -2.25. The minimum absolute atomic E-state index is 0.196. The molecule has 0 bridgehead atoms. The number of nitrogens with one attached hydrogen (secondary N) is 1. The minimum atomic E-state index is -0.446. The zero-order chi connectivity index (χ0) is 22.0. The van der Waals surface area contributed by atoms with Gasteiger partial charge in [-0.25, -0.2) is 0 Å². The fraction of sp³-hybridized carbons (Fsp3) is 0.261. The van der Waals surface area contributed by atoms with Gasteiger partial charge in [0.05, 0.1) is 16.6 Å². The van der Waals surface area contributed by atoms with Crippen molar-refractivity contribution in [3.8, 4) is 17.2 Å². The number of hydrogen-bond donors (Lipinski definition) is 1. The fourth-order valence-corrected chi connectivity index (χ4v) is 3.94. The predicted molar refractivity (Wildman–Crippen MR) is 121 cm³/mol. The van der Waals surface area contributed by atoms with Crippen molar-refractivity contribution >= 4 is 23.4 Å². The van der Waals surface area contributed by atoms with E-state index in [0.717, 1.165) is 11.1 Å². The summed E-state index contributed by atoms with van der Waals surface area (Å²) in [7, 11) is 0. The number of aromatic nitrogens is 2. The Morgan fingerprint density at radius 3 is 2.71 bits per heavy atom. The number of anilines is 1. The number of benzene rings is 2. The number of amides is 1. The van der Waals surface area contributed by atoms with E-state index in [1.807, 2.05) is 44.2 Å². The molecule has 31 heavy (non-hydrogen) atoms. The molecule has 0 unspecified atom stereocenters. The molecule has 3 aromatic rings. The molecule has 1 aliphatic rings. The minimum Gasteiger partial charge on any atom is -0.486 e. The Balaban J connectivity index is 1.51. The van der Waals surface area contributed by atoms with Crippen molar-refractivity contribution in [3.05, 3.63) is 70.0 Å². The van der Waals surface area contributed by atoms with Gasteiger partial charge in [-0.3, -0.25) is 9.59 Å². The van der Waals surface area contributed by atoms with Gasteiger partial charge in [-0.1, -0.05) is 23.9 Å². The monoisotopic (exact) mass is 437 g/mol. The van der Waals surface area contributed by atoms with Gasteiger partial charge in [0.15, 0.2) is 11.5 Å².